The second-order valence-corrected chi connectivity index (χ2v) is 6.06. The van der Waals surface area contributed by atoms with Gasteiger partial charge in [0.1, 0.15) is 11.5 Å². The van der Waals surface area contributed by atoms with Crippen LogP contribution in [0.4, 0.5) is 0 Å². The highest BCUT2D eigenvalue weighted by Gasteiger charge is 2.03. The summed E-state index contributed by atoms with van der Waals surface area (Å²) in [5, 5.41) is 12.4. The summed E-state index contributed by atoms with van der Waals surface area (Å²) in [7, 11) is 0. The summed E-state index contributed by atoms with van der Waals surface area (Å²) < 4.78 is 10.4. The van der Waals surface area contributed by atoms with Crippen LogP contribution in [0.25, 0.3) is 0 Å². The van der Waals surface area contributed by atoms with Crippen molar-refractivity contribution in [2.45, 2.75) is 19.8 Å². The third kappa shape index (κ3) is 7.19. The fourth-order valence-electron chi connectivity index (χ4n) is 2.10. The van der Waals surface area contributed by atoms with E-state index in [9.17, 15) is 9.59 Å². The molecular weight excluding hydrogens is 348 g/mol. The van der Waals surface area contributed by atoms with E-state index in [1.807, 2.05) is 24.3 Å². The van der Waals surface area contributed by atoms with Gasteiger partial charge < -0.3 is 14.6 Å². The topological polar surface area (TPSA) is 97.2 Å². The number of aliphatic carboxylic acids is 1. The lowest BCUT2D eigenvalue weighted by atomic mass is 10.0. The molecule has 0 radical (unpaired) electrons. The Morgan fingerprint density at radius 2 is 1.56 bits per heavy atom. The Hall–Kier alpha value is -3.35. The SMILES string of the molecule is CC(C)c1ccc(OCC(=O)N/N=C\c2ccc(OCC(=O)O)cc2)cc1. The quantitative estimate of drug-likeness (QED) is 0.523. The lowest BCUT2D eigenvalue weighted by Crippen LogP contribution is -2.24. The summed E-state index contributed by atoms with van der Waals surface area (Å²) in [6, 6.07) is 14.2. The Bertz CT molecular complexity index is 783. The maximum absolute atomic E-state index is 11.8. The molecule has 0 fully saturated rings. The Morgan fingerprint density at radius 3 is 2.11 bits per heavy atom. The van der Waals surface area contributed by atoms with Crippen LogP contribution in [-0.4, -0.2) is 36.4 Å². The van der Waals surface area contributed by atoms with Gasteiger partial charge in [0.25, 0.3) is 5.91 Å². The highest BCUT2D eigenvalue weighted by molar-refractivity contribution is 5.83. The number of rotatable bonds is 9. The molecule has 2 rings (SSSR count). The van der Waals surface area contributed by atoms with Gasteiger partial charge in [0.05, 0.1) is 6.21 Å². The molecule has 0 bridgehead atoms. The van der Waals surface area contributed by atoms with Crippen LogP contribution in [0, 0.1) is 0 Å². The van der Waals surface area contributed by atoms with E-state index in [1.165, 1.54) is 11.8 Å². The van der Waals surface area contributed by atoms with Crippen molar-refractivity contribution in [2.24, 2.45) is 5.10 Å². The van der Waals surface area contributed by atoms with Crippen molar-refractivity contribution in [1.29, 1.82) is 0 Å². The number of benzene rings is 2. The molecule has 7 heteroatoms. The summed E-state index contributed by atoms with van der Waals surface area (Å²) in [6.45, 7) is 3.68. The van der Waals surface area contributed by atoms with Gasteiger partial charge in [-0.1, -0.05) is 26.0 Å². The number of hydrazone groups is 1. The molecule has 2 aromatic carbocycles. The molecule has 0 spiro atoms. The van der Waals surface area contributed by atoms with Gasteiger partial charge in [-0.25, -0.2) is 10.2 Å². The number of carboxylic acid groups (broad SMARTS) is 1. The normalized spacial score (nSPS) is 10.8. The zero-order chi connectivity index (χ0) is 19.6. The summed E-state index contributed by atoms with van der Waals surface area (Å²) in [5.41, 5.74) is 4.31. The molecule has 0 aromatic heterocycles. The van der Waals surface area contributed by atoms with Crippen molar-refractivity contribution in [3.8, 4) is 11.5 Å². The molecule has 0 saturated heterocycles. The van der Waals surface area contributed by atoms with Crippen LogP contribution in [0.15, 0.2) is 53.6 Å². The molecule has 0 atom stereocenters. The third-order valence-corrected chi connectivity index (χ3v) is 3.56. The molecule has 2 aromatic rings. The van der Waals surface area contributed by atoms with Gasteiger partial charge in [0, 0.05) is 0 Å². The summed E-state index contributed by atoms with van der Waals surface area (Å²) in [4.78, 5) is 22.2. The van der Waals surface area contributed by atoms with Crippen LogP contribution < -0.4 is 14.9 Å². The zero-order valence-corrected chi connectivity index (χ0v) is 15.2. The van der Waals surface area contributed by atoms with Gasteiger partial charge in [-0.15, -0.1) is 0 Å². The standard InChI is InChI=1S/C20H22N2O5/c1-14(2)16-5-9-18(10-6-16)26-12-19(23)22-21-11-15-3-7-17(8-4-15)27-13-20(24)25/h3-11,14H,12-13H2,1-2H3,(H,22,23)(H,24,25)/b21-11-. The number of carboxylic acids is 1. The van der Waals surface area contributed by atoms with Crippen molar-refractivity contribution < 1.29 is 24.2 Å². The number of nitrogens with zero attached hydrogens (tertiary/aromatic N) is 1. The summed E-state index contributed by atoms with van der Waals surface area (Å²) >= 11 is 0. The van der Waals surface area contributed by atoms with E-state index in [1.54, 1.807) is 24.3 Å². The zero-order valence-electron chi connectivity index (χ0n) is 15.2. The Labute approximate surface area is 157 Å². The van der Waals surface area contributed by atoms with E-state index >= 15 is 0 Å². The fourth-order valence-corrected chi connectivity index (χ4v) is 2.10. The number of carbonyl (C=O) groups is 2. The number of carbonyl (C=O) groups excluding carboxylic acids is 1. The minimum absolute atomic E-state index is 0.139. The first-order valence-electron chi connectivity index (χ1n) is 8.43. The molecule has 0 saturated carbocycles. The van der Waals surface area contributed by atoms with Gasteiger partial charge in [0.15, 0.2) is 13.2 Å². The van der Waals surface area contributed by atoms with Crippen LogP contribution in [0.3, 0.4) is 0 Å². The maximum atomic E-state index is 11.8. The molecule has 7 nitrogen and oxygen atoms in total. The number of nitrogens with one attached hydrogen (secondary N) is 1. The third-order valence-electron chi connectivity index (χ3n) is 3.56. The minimum atomic E-state index is -1.04. The van der Waals surface area contributed by atoms with Crippen molar-refractivity contribution in [1.82, 2.24) is 5.43 Å². The summed E-state index contributed by atoms with van der Waals surface area (Å²) in [5.74, 6) is 0.0856. The monoisotopic (exact) mass is 370 g/mol. The summed E-state index contributed by atoms with van der Waals surface area (Å²) in [6.07, 6.45) is 1.47. The Balaban J connectivity index is 1.75. The van der Waals surface area contributed by atoms with Gasteiger partial charge >= 0.3 is 5.97 Å². The van der Waals surface area contributed by atoms with Crippen molar-refractivity contribution in [3.05, 3.63) is 59.7 Å². The van der Waals surface area contributed by atoms with E-state index in [0.717, 1.165) is 5.56 Å². The molecule has 142 valence electrons. The van der Waals surface area contributed by atoms with Crippen LogP contribution in [0.5, 0.6) is 11.5 Å². The van der Waals surface area contributed by atoms with E-state index in [4.69, 9.17) is 14.6 Å². The first kappa shape index (κ1) is 20.0. The van der Waals surface area contributed by atoms with E-state index in [2.05, 4.69) is 24.4 Å². The van der Waals surface area contributed by atoms with Gasteiger partial charge in [-0.3, -0.25) is 4.79 Å². The minimum Gasteiger partial charge on any atom is -0.484 e. The van der Waals surface area contributed by atoms with Crippen LogP contribution in [-0.2, 0) is 9.59 Å². The molecule has 1 amide bonds. The second-order valence-electron chi connectivity index (χ2n) is 6.06. The Morgan fingerprint density at radius 1 is 1.00 bits per heavy atom. The largest absolute Gasteiger partial charge is 0.484 e. The lowest BCUT2D eigenvalue weighted by molar-refractivity contribution is -0.139. The molecule has 0 aliphatic rings. The molecule has 27 heavy (non-hydrogen) atoms. The van der Waals surface area contributed by atoms with E-state index < -0.39 is 12.6 Å². The predicted octanol–water partition coefficient (Wildman–Crippen LogP) is 2.80. The van der Waals surface area contributed by atoms with Crippen molar-refractivity contribution in [3.63, 3.8) is 0 Å². The molecule has 0 unspecified atom stereocenters. The molecule has 0 aliphatic carbocycles. The number of amides is 1. The van der Waals surface area contributed by atoms with Crippen LogP contribution >= 0.6 is 0 Å². The predicted molar refractivity (Wildman–Crippen MR) is 101 cm³/mol. The fraction of sp³-hybridized carbons (Fsp3) is 0.250. The van der Waals surface area contributed by atoms with Crippen LogP contribution in [0.1, 0.15) is 30.9 Å². The first-order valence-corrected chi connectivity index (χ1v) is 8.43. The average Bonchev–Trinajstić information content (AvgIpc) is 2.66. The van der Waals surface area contributed by atoms with Gasteiger partial charge in [-0.2, -0.15) is 5.10 Å². The average molecular weight is 370 g/mol. The number of hydrogen-bond donors (Lipinski definition) is 2. The van der Waals surface area contributed by atoms with Crippen molar-refractivity contribution in [2.75, 3.05) is 13.2 Å². The molecule has 2 N–H and O–H groups in total. The second kappa shape index (κ2) is 9.96. The smallest absolute Gasteiger partial charge is 0.341 e. The molecule has 0 heterocycles. The van der Waals surface area contributed by atoms with Gasteiger partial charge in [0.2, 0.25) is 0 Å². The number of ether oxygens (including phenoxy) is 2. The van der Waals surface area contributed by atoms with E-state index in [0.29, 0.717) is 17.4 Å². The molecule has 0 aliphatic heterocycles. The molecular formula is C20H22N2O5. The van der Waals surface area contributed by atoms with Crippen LogP contribution in [0.2, 0.25) is 0 Å². The maximum Gasteiger partial charge on any atom is 0.341 e. The van der Waals surface area contributed by atoms with E-state index in [-0.39, 0.29) is 12.5 Å². The Kier molecular flexibility index (Phi) is 7.37. The van der Waals surface area contributed by atoms with Crippen molar-refractivity contribution >= 4 is 18.1 Å². The lowest BCUT2D eigenvalue weighted by Gasteiger charge is -2.08. The number of hydrogen-bond acceptors (Lipinski definition) is 5. The highest BCUT2D eigenvalue weighted by atomic mass is 16.5. The van der Waals surface area contributed by atoms with Gasteiger partial charge in [-0.05, 0) is 53.4 Å². The highest BCUT2D eigenvalue weighted by Crippen LogP contribution is 2.18. The first-order chi connectivity index (χ1) is 12.9.